The number of primary amides is 1. The fourth-order valence-electron chi connectivity index (χ4n) is 1.54. The van der Waals surface area contributed by atoms with Crippen molar-refractivity contribution in [3.8, 4) is 0 Å². The summed E-state index contributed by atoms with van der Waals surface area (Å²) in [5.74, 6) is -2.09. The Morgan fingerprint density at radius 1 is 1.28 bits per heavy atom. The van der Waals surface area contributed by atoms with Crippen LogP contribution in [0.3, 0.4) is 0 Å². The number of hydrogen-bond donors (Lipinski definition) is 5. The van der Waals surface area contributed by atoms with Gasteiger partial charge < -0.3 is 26.8 Å². The molecule has 1 aromatic carbocycles. The molecule has 2 atom stereocenters. The number of nitrogens with two attached hydrogens (primary N) is 2. The molecule has 0 fully saturated rings. The van der Waals surface area contributed by atoms with Gasteiger partial charge in [0.05, 0.1) is 18.1 Å². The molecule has 0 saturated heterocycles. The van der Waals surface area contributed by atoms with Crippen LogP contribution >= 0.6 is 0 Å². The van der Waals surface area contributed by atoms with Crippen LogP contribution in [-0.4, -0.2) is 33.3 Å². The lowest BCUT2D eigenvalue weighted by atomic mass is 9.96. The predicted octanol–water partition coefficient (Wildman–Crippen LogP) is -0.763. The maximum absolute atomic E-state index is 11.0. The van der Waals surface area contributed by atoms with Crippen molar-refractivity contribution in [2.24, 2.45) is 5.73 Å². The molecule has 0 spiro atoms. The van der Waals surface area contributed by atoms with Gasteiger partial charge in [-0.05, 0) is 17.7 Å². The largest absolute Gasteiger partial charge is 0.478 e. The minimum Gasteiger partial charge on any atom is -0.478 e. The highest BCUT2D eigenvalue weighted by molar-refractivity contribution is 5.90. The monoisotopic (exact) mass is 254 g/mol. The van der Waals surface area contributed by atoms with E-state index in [1.807, 2.05) is 0 Å². The number of carboxylic acid groups (broad SMARTS) is 1. The Kier molecular flexibility index (Phi) is 4.24. The lowest BCUT2D eigenvalue weighted by Gasteiger charge is -2.18. The number of nitrogen functional groups attached to an aromatic ring is 1. The van der Waals surface area contributed by atoms with E-state index in [1.165, 1.54) is 12.1 Å². The number of hydrogen-bond acceptors (Lipinski definition) is 5. The van der Waals surface area contributed by atoms with Gasteiger partial charge in [-0.3, -0.25) is 4.79 Å². The lowest BCUT2D eigenvalue weighted by Crippen LogP contribution is -2.26. The van der Waals surface area contributed by atoms with Gasteiger partial charge >= 0.3 is 5.97 Å². The molecule has 98 valence electrons. The number of carbonyl (C=O) groups is 2. The first-order valence-corrected chi connectivity index (χ1v) is 5.10. The van der Waals surface area contributed by atoms with E-state index in [4.69, 9.17) is 16.6 Å². The molecule has 7 N–H and O–H groups in total. The average Bonchev–Trinajstić information content (AvgIpc) is 2.26. The van der Waals surface area contributed by atoms with E-state index in [2.05, 4.69) is 0 Å². The summed E-state index contributed by atoms with van der Waals surface area (Å²) in [5.41, 5.74) is 10.3. The Balaban J connectivity index is 3.08. The zero-order valence-electron chi connectivity index (χ0n) is 9.41. The zero-order chi connectivity index (χ0) is 13.9. The molecule has 7 nitrogen and oxygen atoms in total. The van der Waals surface area contributed by atoms with Gasteiger partial charge in [-0.1, -0.05) is 6.07 Å². The third kappa shape index (κ3) is 3.19. The maximum Gasteiger partial charge on any atom is 0.336 e. The summed E-state index contributed by atoms with van der Waals surface area (Å²) in [6.45, 7) is 0. The minimum atomic E-state index is -1.52. The summed E-state index contributed by atoms with van der Waals surface area (Å²) < 4.78 is 0. The van der Waals surface area contributed by atoms with Crippen molar-refractivity contribution < 1.29 is 24.9 Å². The van der Waals surface area contributed by atoms with Crippen LogP contribution in [0.15, 0.2) is 18.2 Å². The molecule has 1 amide bonds. The number of amides is 1. The molecule has 1 aromatic rings. The van der Waals surface area contributed by atoms with Crippen LogP contribution in [0.4, 0.5) is 5.69 Å². The molecule has 0 bridgehead atoms. The molecule has 0 saturated carbocycles. The van der Waals surface area contributed by atoms with Gasteiger partial charge in [0.1, 0.15) is 6.10 Å². The standard InChI is InChI=1S/C11H14N2O5/c12-5-1-2-6(7(3-5)11(17)18)10(16)8(14)4-9(13)15/h1-3,8,10,14,16H,4,12H2,(H2,13,15)(H,17,18). The van der Waals surface area contributed by atoms with Gasteiger partial charge in [0, 0.05) is 5.69 Å². The van der Waals surface area contributed by atoms with Crippen molar-refractivity contribution >= 4 is 17.6 Å². The fraction of sp³-hybridized carbons (Fsp3) is 0.273. The van der Waals surface area contributed by atoms with Crippen molar-refractivity contribution in [3.05, 3.63) is 29.3 Å². The normalized spacial score (nSPS) is 13.9. The van der Waals surface area contributed by atoms with Crippen LogP contribution in [0.25, 0.3) is 0 Å². The summed E-state index contributed by atoms with van der Waals surface area (Å²) in [5, 5.41) is 28.3. The van der Waals surface area contributed by atoms with E-state index in [0.717, 1.165) is 6.07 Å². The Morgan fingerprint density at radius 2 is 1.89 bits per heavy atom. The van der Waals surface area contributed by atoms with Crippen LogP contribution < -0.4 is 11.5 Å². The van der Waals surface area contributed by atoms with E-state index in [0.29, 0.717) is 0 Å². The molecule has 0 aliphatic heterocycles. The Labute approximate surface area is 103 Å². The summed E-state index contributed by atoms with van der Waals surface area (Å²) in [6.07, 6.45) is -3.46. The van der Waals surface area contributed by atoms with E-state index in [9.17, 15) is 19.8 Å². The second-order valence-electron chi connectivity index (χ2n) is 3.83. The van der Waals surface area contributed by atoms with E-state index >= 15 is 0 Å². The summed E-state index contributed by atoms with van der Waals surface area (Å²) >= 11 is 0. The number of aliphatic hydroxyl groups is 2. The zero-order valence-corrected chi connectivity index (χ0v) is 9.41. The predicted molar refractivity (Wildman–Crippen MR) is 62.6 cm³/mol. The first kappa shape index (κ1) is 13.9. The van der Waals surface area contributed by atoms with Gasteiger partial charge in [-0.2, -0.15) is 0 Å². The van der Waals surface area contributed by atoms with Crippen LogP contribution in [-0.2, 0) is 4.79 Å². The molecule has 2 unspecified atom stereocenters. The topological polar surface area (TPSA) is 147 Å². The number of rotatable bonds is 5. The Bertz CT molecular complexity index is 475. The van der Waals surface area contributed by atoms with Crippen molar-refractivity contribution in [2.75, 3.05) is 5.73 Å². The Hall–Kier alpha value is -2.12. The number of aliphatic hydroxyl groups excluding tert-OH is 2. The quantitative estimate of drug-likeness (QED) is 0.436. The number of carbonyl (C=O) groups excluding carboxylic acids is 1. The highest BCUT2D eigenvalue weighted by Crippen LogP contribution is 2.24. The molecule has 18 heavy (non-hydrogen) atoms. The third-order valence-electron chi connectivity index (χ3n) is 2.40. The molecule has 0 aliphatic rings. The van der Waals surface area contributed by atoms with Gasteiger partial charge in [0.2, 0.25) is 5.91 Å². The molecule has 0 radical (unpaired) electrons. The van der Waals surface area contributed by atoms with E-state index in [-0.39, 0.29) is 16.8 Å². The summed E-state index contributed by atoms with van der Waals surface area (Å²) in [4.78, 5) is 21.6. The van der Waals surface area contributed by atoms with Gasteiger partial charge in [-0.15, -0.1) is 0 Å². The van der Waals surface area contributed by atoms with Crippen molar-refractivity contribution in [3.63, 3.8) is 0 Å². The van der Waals surface area contributed by atoms with Gasteiger partial charge in [-0.25, -0.2) is 4.79 Å². The SMILES string of the molecule is NC(=O)CC(O)C(O)c1ccc(N)cc1C(=O)O. The summed E-state index contributed by atoms with van der Waals surface area (Å²) in [6, 6.07) is 3.84. The van der Waals surface area contributed by atoms with Crippen LogP contribution in [0.5, 0.6) is 0 Å². The lowest BCUT2D eigenvalue weighted by molar-refractivity contribution is -0.121. The second kappa shape index (κ2) is 5.48. The maximum atomic E-state index is 11.0. The fourth-order valence-corrected chi connectivity index (χ4v) is 1.54. The Morgan fingerprint density at radius 3 is 2.39 bits per heavy atom. The third-order valence-corrected chi connectivity index (χ3v) is 2.40. The number of aromatic carboxylic acids is 1. The molecule has 0 aliphatic carbocycles. The minimum absolute atomic E-state index is 0.0227. The van der Waals surface area contributed by atoms with Crippen molar-refractivity contribution in [2.45, 2.75) is 18.6 Å². The number of benzene rings is 1. The molecule has 0 aromatic heterocycles. The second-order valence-corrected chi connectivity index (χ2v) is 3.83. The molecular weight excluding hydrogens is 240 g/mol. The van der Waals surface area contributed by atoms with E-state index < -0.39 is 30.5 Å². The smallest absolute Gasteiger partial charge is 0.336 e. The first-order valence-electron chi connectivity index (χ1n) is 5.10. The van der Waals surface area contributed by atoms with Gasteiger partial charge in [0.25, 0.3) is 0 Å². The molecule has 1 rings (SSSR count). The molecule has 7 heteroatoms. The first-order chi connectivity index (χ1) is 8.32. The van der Waals surface area contributed by atoms with Crippen molar-refractivity contribution in [1.82, 2.24) is 0 Å². The van der Waals surface area contributed by atoms with E-state index in [1.54, 1.807) is 0 Å². The van der Waals surface area contributed by atoms with Crippen LogP contribution in [0.2, 0.25) is 0 Å². The number of carboxylic acids is 1. The molecule has 0 heterocycles. The summed E-state index contributed by atoms with van der Waals surface area (Å²) in [7, 11) is 0. The van der Waals surface area contributed by atoms with Crippen molar-refractivity contribution in [1.29, 1.82) is 0 Å². The highest BCUT2D eigenvalue weighted by atomic mass is 16.4. The van der Waals surface area contributed by atoms with Crippen LogP contribution in [0.1, 0.15) is 28.4 Å². The highest BCUT2D eigenvalue weighted by Gasteiger charge is 2.24. The van der Waals surface area contributed by atoms with Crippen LogP contribution in [0, 0.1) is 0 Å². The number of anilines is 1. The average molecular weight is 254 g/mol. The van der Waals surface area contributed by atoms with Gasteiger partial charge in [0.15, 0.2) is 0 Å². The molecular formula is C11H14N2O5.